The number of amides is 1. The van der Waals surface area contributed by atoms with E-state index in [1.54, 1.807) is 27.8 Å². The number of rotatable bonds is 4. The smallest absolute Gasteiger partial charge is 0.410 e. The van der Waals surface area contributed by atoms with Crippen molar-refractivity contribution in [2.45, 2.75) is 52.7 Å². The number of hydrogen-bond acceptors (Lipinski definition) is 4. The van der Waals surface area contributed by atoms with Gasteiger partial charge in [0.2, 0.25) is 0 Å². The molecule has 0 spiro atoms. The fraction of sp³-hybridized carbons (Fsp3) is 0.846. The Kier molecular flexibility index (Phi) is 6.15. The largest absolute Gasteiger partial charge is 0.467 e. The minimum Gasteiger partial charge on any atom is -0.467 e. The molecule has 1 atom stereocenters. The van der Waals surface area contributed by atoms with E-state index in [0.29, 0.717) is 6.42 Å². The quantitative estimate of drug-likeness (QED) is 0.728. The lowest BCUT2D eigenvalue weighted by Gasteiger charge is -2.30. The summed E-state index contributed by atoms with van der Waals surface area (Å²) < 4.78 is 9.96. The van der Waals surface area contributed by atoms with Gasteiger partial charge >= 0.3 is 12.1 Å². The van der Waals surface area contributed by atoms with Gasteiger partial charge in [-0.1, -0.05) is 13.8 Å². The van der Waals surface area contributed by atoms with Crippen LogP contribution in [0, 0.1) is 5.92 Å². The number of methoxy groups -OCH3 is 1. The third-order valence-corrected chi connectivity index (χ3v) is 2.32. The second-order valence-corrected chi connectivity index (χ2v) is 5.76. The molecule has 18 heavy (non-hydrogen) atoms. The minimum absolute atomic E-state index is 0.277. The summed E-state index contributed by atoms with van der Waals surface area (Å²) in [6.07, 6.45) is 0.0288. The van der Waals surface area contributed by atoms with Crippen molar-refractivity contribution in [1.29, 1.82) is 0 Å². The molecule has 0 saturated carbocycles. The second kappa shape index (κ2) is 6.61. The van der Waals surface area contributed by atoms with Crippen molar-refractivity contribution >= 4 is 12.1 Å². The van der Waals surface area contributed by atoms with Crippen molar-refractivity contribution in [3.8, 4) is 0 Å². The monoisotopic (exact) mass is 259 g/mol. The van der Waals surface area contributed by atoms with E-state index in [9.17, 15) is 9.59 Å². The van der Waals surface area contributed by atoms with Crippen molar-refractivity contribution in [3.05, 3.63) is 0 Å². The molecule has 1 amide bonds. The number of ether oxygens (including phenoxy) is 2. The van der Waals surface area contributed by atoms with Crippen molar-refractivity contribution in [2.24, 2.45) is 5.92 Å². The highest BCUT2D eigenvalue weighted by Crippen LogP contribution is 2.16. The van der Waals surface area contributed by atoms with Gasteiger partial charge in [-0.25, -0.2) is 9.59 Å². The molecule has 0 aromatic rings. The fourth-order valence-electron chi connectivity index (χ4n) is 1.46. The van der Waals surface area contributed by atoms with Crippen molar-refractivity contribution in [3.63, 3.8) is 0 Å². The Bertz CT molecular complexity index is 294. The molecule has 0 rings (SSSR count). The van der Waals surface area contributed by atoms with Crippen LogP contribution in [0.2, 0.25) is 0 Å². The molecule has 5 heteroatoms. The Morgan fingerprint density at radius 3 is 2.06 bits per heavy atom. The molecule has 0 radical (unpaired) electrons. The summed E-state index contributed by atoms with van der Waals surface area (Å²) in [7, 11) is 2.87. The van der Waals surface area contributed by atoms with Crippen LogP contribution in [0.3, 0.4) is 0 Å². The Labute approximate surface area is 109 Å². The summed E-state index contributed by atoms with van der Waals surface area (Å²) in [5, 5.41) is 0. The molecular weight excluding hydrogens is 234 g/mol. The maximum atomic E-state index is 11.9. The first kappa shape index (κ1) is 16.7. The van der Waals surface area contributed by atoms with E-state index in [0.717, 1.165) is 0 Å². The highest BCUT2D eigenvalue weighted by molar-refractivity contribution is 5.81. The van der Waals surface area contributed by atoms with Gasteiger partial charge in [0.15, 0.2) is 0 Å². The zero-order valence-electron chi connectivity index (χ0n) is 12.4. The van der Waals surface area contributed by atoms with Crippen LogP contribution in [0.4, 0.5) is 4.79 Å². The van der Waals surface area contributed by atoms with Crippen LogP contribution < -0.4 is 0 Å². The third-order valence-electron chi connectivity index (χ3n) is 2.32. The molecular formula is C13H25NO4. The van der Waals surface area contributed by atoms with Gasteiger partial charge in [0.05, 0.1) is 7.11 Å². The molecule has 0 aliphatic heterocycles. The maximum Gasteiger partial charge on any atom is 0.410 e. The van der Waals surface area contributed by atoms with Gasteiger partial charge in [-0.15, -0.1) is 0 Å². The Morgan fingerprint density at radius 1 is 1.22 bits per heavy atom. The number of hydrogen-bond donors (Lipinski definition) is 0. The minimum atomic E-state index is -0.607. The van der Waals surface area contributed by atoms with E-state index in [1.807, 2.05) is 13.8 Å². The van der Waals surface area contributed by atoms with Gasteiger partial charge in [-0.05, 0) is 33.1 Å². The van der Waals surface area contributed by atoms with Crippen LogP contribution in [0.25, 0.3) is 0 Å². The van der Waals surface area contributed by atoms with Crippen LogP contribution in [-0.2, 0) is 14.3 Å². The lowest BCUT2D eigenvalue weighted by Crippen LogP contribution is -2.45. The van der Waals surface area contributed by atoms with Crippen molar-refractivity contribution in [2.75, 3.05) is 14.2 Å². The summed E-state index contributed by atoms with van der Waals surface area (Å²) >= 11 is 0. The van der Waals surface area contributed by atoms with Gasteiger partial charge < -0.3 is 9.47 Å². The Morgan fingerprint density at radius 2 is 1.72 bits per heavy atom. The highest BCUT2D eigenvalue weighted by atomic mass is 16.6. The van der Waals surface area contributed by atoms with E-state index in [1.165, 1.54) is 12.0 Å². The van der Waals surface area contributed by atoms with E-state index in [-0.39, 0.29) is 5.92 Å². The summed E-state index contributed by atoms with van der Waals surface area (Å²) in [6, 6.07) is -0.607. The average molecular weight is 259 g/mol. The van der Waals surface area contributed by atoms with E-state index in [4.69, 9.17) is 9.47 Å². The summed E-state index contributed by atoms with van der Waals surface area (Å²) in [4.78, 5) is 24.9. The van der Waals surface area contributed by atoms with Gasteiger partial charge in [-0.2, -0.15) is 0 Å². The van der Waals surface area contributed by atoms with E-state index >= 15 is 0 Å². The second-order valence-electron chi connectivity index (χ2n) is 5.76. The van der Waals surface area contributed by atoms with E-state index < -0.39 is 23.7 Å². The van der Waals surface area contributed by atoms with Crippen LogP contribution in [0.1, 0.15) is 41.0 Å². The van der Waals surface area contributed by atoms with Gasteiger partial charge in [0.1, 0.15) is 11.6 Å². The number of likely N-dealkylation sites (N-methyl/N-ethyl adjacent to an activating group) is 1. The summed E-state index contributed by atoms with van der Waals surface area (Å²) in [6.45, 7) is 9.33. The predicted octanol–water partition coefficient (Wildman–Crippen LogP) is 2.44. The molecule has 0 heterocycles. The number of esters is 1. The summed E-state index contributed by atoms with van der Waals surface area (Å²) in [5.41, 5.74) is -0.580. The molecule has 0 aromatic heterocycles. The van der Waals surface area contributed by atoms with Gasteiger partial charge in [0, 0.05) is 7.05 Å². The van der Waals surface area contributed by atoms with Crippen LogP contribution in [-0.4, -0.2) is 42.8 Å². The zero-order chi connectivity index (χ0) is 14.5. The predicted molar refractivity (Wildman–Crippen MR) is 69.3 cm³/mol. The number of carbonyl (C=O) groups excluding carboxylic acids is 2. The highest BCUT2D eigenvalue weighted by Gasteiger charge is 2.31. The molecule has 0 unspecified atom stereocenters. The lowest BCUT2D eigenvalue weighted by atomic mass is 10.0. The lowest BCUT2D eigenvalue weighted by molar-refractivity contribution is -0.146. The molecule has 5 nitrogen and oxygen atoms in total. The first-order valence-electron chi connectivity index (χ1n) is 6.12. The van der Waals surface area contributed by atoms with E-state index in [2.05, 4.69) is 0 Å². The maximum absolute atomic E-state index is 11.9. The molecule has 0 bridgehead atoms. The van der Waals surface area contributed by atoms with Crippen molar-refractivity contribution < 1.29 is 19.1 Å². The van der Waals surface area contributed by atoms with Crippen LogP contribution >= 0.6 is 0 Å². The normalized spacial score (nSPS) is 13.1. The molecule has 0 aliphatic carbocycles. The Hall–Kier alpha value is -1.26. The molecule has 0 aromatic carbocycles. The number of carbonyl (C=O) groups is 2. The number of nitrogens with zero attached hydrogens (tertiary/aromatic N) is 1. The first-order valence-corrected chi connectivity index (χ1v) is 6.12. The fourth-order valence-corrected chi connectivity index (χ4v) is 1.46. The first-order chi connectivity index (χ1) is 8.08. The molecule has 0 saturated heterocycles. The van der Waals surface area contributed by atoms with Gasteiger partial charge in [-0.3, -0.25) is 4.90 Å². The molecule has 0 aliphatic rings. The molecule has 106 valence electrons. The molecule has 0 fully saturated rings. The standard InChI is InChI=1S/C13H25NO4/c1-9(2)8-10(11(15)17-7)14(6)12(16)18-13(3,4)5/h9-10H,8H2,1-7H3/t10-/m0/s1. The van der Waals surface area contributed by atoms with Crippen molar-refractivity contribution in [1.82, 2.24) is 4.90 Å². The average Bonchev–Trinajstić information content (AvgIpc) is 2.21. The van der Waals surface area contributed by atoms with Gasteiger partial charge in [0.25, 0.3) is 0 Å². The topological polar surface area (TPSA) is 55.8 Å². The summed E-state index contributed by atoms with van der Waals surface area (Å²) in [5.74, 6) is -0.143. The van der Waals surface area contributed by atoms with Crippen LogP contribution in [0.5, 0.6) is 0 Å². The third kappa shape index (κ3) is 5.89. The molecule has 0 N–H and O–H groups in total. The zero-order valence-corrected chi connectivity index (χ0v) is 12.4. The van der Waals surface area contributed by atoms with Crippen LogP contribution in [0.15, 0.2) is 0 Å². The SMILES string of the molecule is COC(=O)[C@H](CC(C)C)N(C)C(=O)OC(C)(C)C. The Balaban J connectivity index is 4.79.